The molecule has 3 aromatic rings. The number of aromatic nitrogens is 2. The molecule has 0 aliphatic rings. The fourth-order valence-electron chi connectivity index (χ4n) is 1.96. The third kappa shape index (κ3) is 2.91. The molecule has 0 fully saturated rings. The Bertz CT molecular complexity index is 824. The van der Waals surface area contributed by atoms with Gasteiger partial charge in [-0.25, -0.2) is 14.4 Å². The molecule has 2 nitrogen and oxygen atoms in total. The van der Waals surface area contributed by atoms with E-state index in [1.807, 2.05) is 30.5 Å². The molecule has 0 saturated heterocycles. The quantitative estimate of drug-likeness (QED) is 0.427. The van der Waals surface area contributed by atoms with Gasteiger partial charge in [0, 0.05) is 21.9 Å². The lowest BCUT2D eigenvalue weighted by molar-refractivity contribution is 0.623. The fourth-order valence-corrected chi connectivity index (χ4v) is 2.94. The van der Waals surface area contributed by atoms with E-state index in [9.17, 15) is 4.39 Å². The second-order valence-corrected chi connectivity index (χ2v) is 6.44. The second kappa shape index (κ2) is 5.91. The van der Waals surface area contributed by atoms with Crippen LogP contribution in [0.4, 0.5) is 4.39 Å². The summed E-state index contributed by atoms with van der Waals surface area (Å²) >= 11 is 11.0. The fraction of sp³-hybridized carbons (Fsp3) is 0.0667. The van der Waals surface area contributed by atoms with Gasteiger partial charge in [0.05, 0.1) is 9.99 Å². The van der Waals surface area contributed by atoms with Crippen LogP contribution in [0.3, 0.4) is 0 Å². The van der Waals surface area contributed by atoms with E-state index in [1.54, 1.807) is 17.8 Å². The van der Waals surface area contributed by atoms with Crippen LogP contribution in [0.1, 0.15) is 0 Å². The van der Waals surface area contributed by atoms with Crippen LogP contribution < -0.4 is 0 Å². The molecule has 1 heterocycles. The molecule has 0 bridgehead atoms. The van der Waals surface area contributed by atoms with E-state index in [-0.39, 0.29) is 5.82 Å². The van der Waals surface area contributed by atoms with Crippen molar-refractivity contribution in [3.05, 3.63) is 51.8 Å². The van der Waals surface area contributed by atoms with Gasteiger partial charge in [-0.15, -0.1) is 11.8 Å². The minimum Gasteiger partial charge on any atom is -0.228 e. The van der Waals surface area contributed by atoms with Crippen LogP contribution in [-0.2, 0) is 0 Å². The van der Waals surface area contributed by atoms with E-state index in [2.05, 4.69) is 25.9 Å². The maximum atomic E-state index is 13.7. The highest BCUT2D eigenvalue weighted by Gasteiger charge is 2.11. The molecule has 3 rings (SSSR count). The van der Waals surface area contributed by atoms with Crippen molar-refractivity contribution in [3.8, 4) is 11.4 Å². The van der Waals surface area contributed by atoms with Crippen molar-refractivity contribution >= 4 is 50.2 Å². The largest absolute Gasteiger partial charge is 0.228 e. The lowest BCUT2D eigenvalue weighted by Gasteiger charge is -2.06. The molecule has 0 amide bonds. The molecule has 0 atom stereocenters. The van der Waals surface area contributed by atoms with Crippen molar-refractivity contribution < 1.29 is 4.39 Å². The molecule has 0 saturated carbocycles. The molecule has 6 heteroatoms. The molecule has 0 radical (unpaired) electrons. The first kappa shape index (κ1) is 14.8. The summed E-state index contributed by atoms with van der Waals surface area (Å²) in [6.45, 7) is 0. The smallest absolute Gasteiger partial charge is 0.161 e. The normalized spacial score (nSPS) is 11.0. The SMILES string of the molecule is CSc1ccc(-c2nc(Cl)c3cc(Br)c(F)cc3n2)cc1. The Morgan fingerprint density at radius 3 is 2.52 bits per heavy atom. The Kier molecular flexibility index (Phi) is 4.15. The first-order valence-electron chi connectivity index (χ1n) is 6.05. The lowest BCUT2D eigenvalue weighted by atomic mass is 10.2. The van der Waals surface area contributed by atoms with Crippen molar-refractivity contribution in [2.45, 2.75) is 4.90 Å². The average molecular weight is 384 g/mol. The van der Waals surface area contributed by atoms with Crippen LogP contribution in [0.5, 0.6) is 0 Å². The summed E-state index contributed by atoms with van der Waals surface area (Å²) < 4.78 is 14.0. The van der Waals surface area contributed by atoms with Crippen molar-refractivity contribution in [2.24, 2.45) is 0 Å². The lowest BCUT2D eigenvalue weighted by Crippen LogP contribution is -1.93. The third-order valence-corrected chi connectivity index (χ3v) is 4.68. The summed E-state index contributed by atoms with van der Waals surface area (Å²) in [4.78, 5) is 9.86. The van der Waals surface area contributed by atoms with Gasteiger partial charge in [-0.1, -0.05) is 23.7 Å². The topological polar surface area (TPSA) is 25.8 Å². The molecule has 2 aromatic carbocycles. The van der Waals surface area contributed by atoms with Crippen LogP contribution in [0.2, 0.25) is 5.15 Å². The third-order valence-electron chi connectivity index (χ3n) is 3.04. The van der Waals surface area contributed by atoms with Gasteiger partial charge in [-0.3, -0.25) is 0 Å². The van der Waals surface area contributed by atoms with Crippen molar-refractivity contribution in [1.29, 1.82) is 0 Å². The van der Waals surface area contributed by atoms with E-state index in [1.165, 1.54) is 6.07 Å². The summed E-state index contributed by atoms with van der Waals surface area (Å²) in [6.07, 6.45) is 2.01. The zero-order valence-electron chi connectivity index (χ0n) is 10.9. The molecule has 106 valence electrons. The minimum atomic E-state index is -0.374. The van der Waals surface area contributed by atoms with Gasteiger partial charge in [-0.2, -0.15) is 0 Å². The first-order valence-corrected chi connectivity index (χ1v) is 8.45. The highest BCUT2D eigenvalue weighted by Crippen LogP contribution is 2.29. The minimum absolute atomic E-state index is 0.310. The molecular formula is C15H9BrClFN2S. The zero-order valence-corrected chi connectivity index (χ0v) is 14.1. The molecule has 0 N–H and O–H groups in total. The Morgan fingerprint density at radius 2 is 1.86 bits per heavy atom. The summed E-state index contributed by atoms with van der Waals surface area (Å²) in [5, 5.41) is 0.930. The summed E-state index contributed by atoms with van der Waals surface area (Å²) in [6, 6.07) is 10.8. The number of rotatable bonds is 2. The first-order chi connectivity index (χ1) is 10.1. The maximum absolute atomic E-state index is 13.7. The van der Waals surface area contributed by atoms with Gasteiger partial charge in [0.25, 0.3) is 0 Å². The zero-order chi connectivity index (χ0) is 15.0. The van der Waals surface area contributed by atoms with Crippen molar-refractivity contribution in [3.63, 3.8) is 0 Å². The van der Waals surface area contributed by atoms with Gasteiger partial charge < -0.3 is 0 Å². The predicted octanol–water partition coefficient (Wildman–Crippen LogP) is 5.57. The van der Waals surface area contributed by atoms with Gasteiger partial charge in [0.15, 0.2) is 5.82 Å². The van der Waals surface area contributed by atoms with Crippen LogP contribution in [-0.4, -0.2) is 16.2 Å². The standard InChI is InChI=1S/C15H9BrClFN2S/c1-21-9-4-2-8(3-5-9)15-19-13-7-12(18)11(16)6-10(13)14(17)20-15/h2-7H,1H3. The molecule has 0 spiro atoms. The molecule has 0 aliphatic carbocycles. The Morgan fingerprint density at radius 1 is 1.14 bits per heavy atom. The summed E-state index contributed by atoms with van der Waals surface area (Å²) in [5.41, 5.74) is 1.33. The van der Waals surface area contributed by atoms with E-state index in [4.69, 9.17) is 11.6 Å². The number of hydrogen-bond acceptors (Lipinski definition) is 3. The van der Waals surface area contributed by atoms with Gasteiger partial charge in [0.1, 0.15) is 11.0 Å². The molecule has 1 aromatic heterocycles. The molecule has 0 aliphatic heterocycles. The molecule has 21 heavy (non-hydrogen) atoms. The number of nitrogens with zero attached hydrogens (tertiary/aromatic N) is 2. The van der Waals surface area contributed by atoms with Gasteiger partial charge in [0.2, 0.25) is 0 Å². The van der Waals surface area contributed by atoms with Crippen LogP contribution in [0, 0.1) is 5.82 Å². The number of hydrogen-bond donors (Lipinski definition) is 0. The van der Waals surface area contributed by atoms with Gasteiger partial charge >= 0.3 is 0 Å². The molecular weight excluding hydrogens is 375 g/mol. The van der Waals surface area contributed by atoms with E-state index in [0.717, 1.165) is 10.5 Å². The average Bonchev–Trinajstić information content (AvgIpc) is 2.49. The number of thioether (sulfide) groups is 1. The maximum Gasteiger partial charge on any atom is 0.161 e. The van der Waals surface area contributed by atoms with Crippen molar-refractivity contribution in [2.75, 3.05) is 6.26 Å². The van der Waals surface area contributed by atoms with E-state index in [0.29, 0.717) is 26.4 Å². The monoisotopic (exact) mass is 382 g/mol. The number of benzene rings is 2. The van der Waals surface area contributed by atoms with Gasteiger partial charge in [-0.05, 0) is 40.4 Å². The van der Waals surface area contributed by atoms with Crippen LogP contribution >= 0.6 is 39.3 Å². The molecule has 0 unspecified atom stereocenters. The van der Waals surface area contributed by atoms with Crippen LogP contribution in [0.25, 0.3) is 22.3 Å². The second-order valence-electron chi connectivity index (χ2n) is 4.35. The predicted molar refractivity (Wildman–Crippen MR) is 89.4 cm³/mol. The Balaban J connectivity index is 2.17. The number of fused-ring (bicyclic) bond motifs is 1. The Hall–Kier alpha value is -1.17. The Labute approximate surface area is 138 Å². The summed E-state index contributed by atoms with van der Waals surface area (Å²) in [7, 11) is 0. The highest BCUT2D eigenvalue weighted by atomic mass is 79.9. The van der Waals surface area contributed by atoms with E-state index < -0.39 is 0 Å². The highest BCUT2D eigenvalue weighted by molar-refractivity contribution is 9.10. The van der Waals surface area contributed by atoms with Crippen LogP contribution in [0.15, 0.2) is 45.8 Å². The van der Waals surface area contributed by atoms with E-state index >= 15 is 0 Å². The summed E-state index contributed by atoms with van der Waals surface area (Å²) in [5.74, 6) is 0.114. The van der Waals surface area contributed by atoms with Crippen molar-refractivity contribution in [1.82, 2.24) is 9.97 Å². The number of halogens is 3.